The second kappa shape index (κ2) is 7.72. The number of halogens is 3. The van der Waals surface area contributed by atoms with E-state index in [0.29, 0.717) is 24.0 Å². The number of rotatable bonds is 6. The first-order valence-corrected chi connectivity index (χ1v) is 9.90. The quantitative estimate of drug-likeness (QED) is 0.640. The van der Waals surface area contributed by atoms with Crippen LogP contribution < -0.4 is 10.0 Å². The molecule has 0 unspecified atom stereocenters. The van der Waals surface area contributed by atoms with Gasteiger partial charge in [-0.05, 0) is 42.8 Å². The molecule has 1 aromatic heterocycles. The summed E-state index contributed by atoms with van der Waals surface area (Å²) in [5, 5.41) is 3.23. The van der Waals surface area contributed by atoms with Gasteiger partial charge >= 0.3 is 6.18 Å². The first kappa shape index (κ1) is 20.0. The Bertz CT molecular complexity index is 1080. The third-order valence-corrected chi connectivity index (χ3v) is 5.30. The summed E-state index contributed by atoms with van der Waals surface area (Å²) in [6.07, 6.45) is -4.04. The lowest BCUT2D eigenvalue weighted by atomic mass is 10.2. The molecule has 2 N–H and O–H groups in total. The fraction of sp³-hybridized carbons (Fsp3) is 0.222. The largest absolute Gasteiger partial charge is 0.451 e. The van der Waals surface area contributed by atoms with Crippen LogP contribution in [0.5, 0.6) is 0 Å². The number of nitrogens with one attached hydrogen (secondary N) is 2. The molecule has 0 saturated heterocycles. The van der Waals surface area contributed by atoms with Gasteiger partial charge in [0.05, 0.1) is 10.4 Å². The van der Waals surface area contributed by atoms with Crippen LogP contribution in [0.25, 0.3) is 10.9 Å². The zero-order valence-corrected chi connectivity index (χ0v) is 15.6. The van der Waals surface area contributed by atoms with Crippen molar-refractivity contribution in [1.82, 2.24) is 14.7 Å². The van der Waals surface area contributed by atoms with E-state index in [1.807, 2.05) is 6.92 Å². The maximum atomic E-state index is 13.1. The van der Waals surface area contributed by atoms with Crippen LogP contribution in [0.4, 0.5) is 24.7 Å². The van der Waals surface area contributed by atoms with Crippen LogP contribution in [0, 0.1) is 0 Å². The Morgan fingerprint density at radius 3 is 2.32 bits per heavy atom. The minimum absolute atomic E-state index is 0.0161. The van der Waals surface area contributed by atoms with E-state index in [1.165, 1.54) is 30.3 Å². The molecule has 3 aromatic rings. The summed E-state index contributed by atoms with van der Waals surface area (Å²) in [6, 6.07) is 12.0. The van der Waals surface area contributed by atoms with E-state index in [-0.39, 0.29) is 16.2 Å². The standard InChI is InChI=1S/C18H17F3N4O2S/c1-2-11-22-28(26,27)13-9-7-12(8-10-13)23-16-14-5-3-4-6-15(14)24-17(25-16)18(19,20)21/h3-10,22H,2,11H2,1H3,(H,23,24,25). The van der Waals surface area contributed by atoms with Gasteiger partial charge in [0.15, 0.2) is 0 Å². The van der Waals surface area contributed by atoms with Gasteiger partial charge in [-0.2, -0.15) is 13.2 Å². The van der Waals surface area contributed by atoms with Crippen LogP contribution in [0.1, 0.15) is 19.2 Å². The van der Waals surface area contributed by atoms with Crippen molar-refractivity contribution in [2.45, 2.75) is 24.4 Å². The molecule has 0 aliphatic rings. The highest BCUT2D eigenvalue weighted by Gasteiger charge is 2.35. The fourth-order valence-corrected chi connectivity index (χ4v) is 3.61. The van der Waals surface area contributed by atoms with Crippen molar-refractivity contribution in [3.63, 3.8) is 0 Å². The molecule has 0 aliphatic heterocycles. The van der Waals surface area contributed by atoms with E-state index in [4.69, 9.17) is 0 Å². The summed E-state index contributed by atoms with van der Waals surface area (Å²) in [7, 11) is -3.62. The molecule has 28 heavy (non-hydrogen) atoms. The zero-order valence-electron chi connectivity index (χ0n) is 14.8. The maximum Gasteiger partial charge on any atom is 0.451 e. The number of aromatic nitrogens is 2. The van der Waals surface area contributed by atoms with Gasteiger partial charge < -0.3 is 5.32 Å². The van der Waals surface area contributed by atoms with Gasteiger partial charge in [-0.15, -0.1) is 0 Å². The lowest BCUT2D eigenvalue weighted by Crippen LogP contribution is -2.24. The van der Waals surface area contributed by atoms with E-state index in [2.05, 4.69) is 20.0 Å². The molecule has 1 heterocycles. The van der Waals surface area contributed by atoms with Crippen molar-refractivity contribution in [3.8, 4) is 0 Å². The third kappa shape index (κ3) is 4.39. The number of fused-ring (bicyclic) bond motifs is 1. The summed E-state index contributed by atoms with van der Waals surface area (Å²) in [5.74, 6) is -1.27. The van der Waals surface area contributed by atoms with Gasteiger partial charge in [0.2, 0.25) is 15.8 Å². The molecular weight excluding hydrogens is 393 g/mol. The van der Waals surface area contributed by atoms with Crippen LogP contribution in [-0.2, 0) is 16.2 Å². The Morgan fingerprint density at radius 2 is 1.68 bits per heavy atom. The van der Waals surface area contributed by atoms with Crippen LogP contribution in [-0.4, -0.2) is 24.9 Å². The van der Waals surface area contributed by atoms with Crippen molar-refractivity contribution in [2.75, 3.05) is 11.9 Å². The molecule has 2 aromatic carbocycles. The summed E-state index contributed by atoms with van der Waals surface area (Å²) in [5.41, 5.74) is 0.543. The zero-order chi connectivity index (χ0) is 20.4. The SMILES string of the molecule is CCCNS(=O)(=O)c1ccc(Nc2nc(C(F)(F)F)nc3ccccc23)cc1. The predicted octanol–water partition coefficient (Wildman–Crippen LogP) is 4.08. The Hall–Kier alpha value is -2.72. The van der Waals surface area contributed by atoms with E-state index in [1.54, 1.807) is 18.2 Å². The van der Waals surface area contributed by atoms with Crippen LogP contribution in [0.3, 0.4) is 0 Å². The Labute approximate surface area is 159 Å². The minimum Gasteiger partial charge on any atom is -0.340 e. The van der Waals surface area contributed by atoms with E-state index in [9.17, 15) is 21.6 Å². The molecule has 3 rings (SSSR count). The van der Waals surface area contributed by atoms with Crippen molar-refractivity contribution in [2.24, 2.45) is 0 Å². The molecule has 0 radical (unpaired) electrons. The smallest absolute Gasteiger partial charge is 0.340 e. The minimum atomic E-state index is -4.69. The van der Waals surface area contributed by atoms with Gasteiger partial charge in [-0.3, -0.25) is 0 Å². The number of benzene rings is 2. The van der Waals surface area contributed by atoms with Crippen molar-refractivity contribution in [1.29, 1.82) is 0 Å². The summed E-state index contributed by atoms with van der Waals surface area (Å²) in [6.45, 7) is 2.16. The van der Waals surface area contributed by atoms with E-state index >= 15 is 0 Å². The van der Waals surface area contributed by atoms with Crippen LogP contribution in [0.15, 0.2) is 53.4 Å². The molecule has 0 aliphatic carbocycles. The number of hydrogen-bond donors (Lipinski definition) is 2. The number of para-hydroxylation sites is 1. The Kier molecular flexibility index (Phi) is 5.52. The van der Waals surface area contributed by atoms with Gasteiger partial charge in [0, 0.05) is 17.6 Å². The van der Waals surface area contributed by atoms with Crippen molar-refractivity contribution < 1.29 is 21.6 Å². The van der Waals surface area contributed by atoms with Gasteiger partial charge in [-0.1, -0.05) is 19.1 Å². The number of alkyl halides is 3. The first-order valence-electron chi connectivity index (χ1n) is 8.41. The monoisotopic (exact) mass is 410 g/mol. The first-order chi connectivity index (χ1) is 13.2. The third-order valence-electron chi connectivity index (χ3n) is 3.83. The molecular formula is C18H17F3N4O2S. The lowest BCUT2D eigenvalue weighted by Gasteiger charge is -2.13. The highest BCUT2D eigenvalue weighted by molar-refractivity contribution is 7.89. The van der Waals surface area contributed by atoms with Crippen LogP contribution in [0.2, 0.25) is 0 Å². The summed E-state index contributed by atoms with van der Waals surface area (Å²) < 4.78 is 66.0. The topological polar surface area (TPSA) is 84.0 Å². The van der Waals surface area contributed by atoms with E-state index in [0.717, 1.165) is 0 Å². The average molecular weight is 410 g/mol. The maximum absolute atomic E-state index is 13.1. The molecule has 10 heteroatoms. The molecule has 0 amide bonds. The van der Waals surface area contributed by atoms with Crippen LogP contribution >= 0.6 is 0 Å². The summed E-state index contributed by atoms with van der Waals surface area (Å²) >= 11 is 0. The predicted molar refractivity (Wildman–Crippen MR) is 99.7 cm³/mol. The van der Waals surface area contributed by atoms with Gasteiger partial charge in [0.1, 0.15) is 5.82 Å². The Balaban J connectivity index is 1.94. The average Bonchev–Trinajstić information content (AvgIpc) is 2.66. The normalized spacial score (nSPS) is 12.3. The van der Waals surface area contributed by atoms with Gasteiger partial charge in [0.25, 0.3) is 0 Å². The molecule has 0 bridgehead atoms. The summed E-state index contributed by atoms with van der Waals surface area (Å²) in [4.78, 5) is 7.23. The molecule has 148 valence electrons. The second-order valence-corrected chi connectivity index (χ2v) is 7.72. The highest BCUT2D eigenvalue weighted by atomic mass is 32.2. The fourth-order valence-electron chi connectivity index (χ4n) is 2.47. The second-order valence-electron chi connectivity index (χ2n) is 5.96. The van der Waals surface area contributed by atoms with Crippen molar-refractivity contribution in [3.05, 3.63) is 54.4 Å². The number of hydrogen-bond acceptors (Lipinski definition) is 5. The van der Waals surface area contributed by atoms with Gasteiger partial charge in [-0.25, -0.2) is 23.1 Å². The number of anilines is 2. The molecule has 0 spiro atoms. The van der Waals surface area contributed by atoms with E-state index < -0.39 is 22.0 Å². The molecule has 6 nitrogen and oxygen atoms in total. The number of sulfonamides is 1. The molecule has 0 atom stereocenters. The highest BCUT2D eigenvalue weighted by Crippen LogP contribution is 2.31. The number of nitrogens with zero attached hydrogens (tertiary/aromatic N) is 2. The Morgan fingerprint density at radius 1 is 1.00 bits per heavy atom. The molecule has 0 fully saturated rings. The molecule has 0 saturated carbocycles. The lowest BCUT2D eigenvalue weighted by molar-refractivity contribution is -0.144. The van der Waals surface area contributed by atoms with Crippen molar-refractivity contribution >= 4 is 32.4 Å².